The molecule has 5 nitrogen and oxygen atoms in total. The smallest absolute Gasteiger partial charge is 0.288 e. The van der Waals surface area contributed by atoms with Crippen molar-refractivity contribution in [2.24, 2.45) is 0 Å². The summed E-state index contributed by atoms with van der Waals surface area (Å²) in [6, 6.07) is 9.19. The molecule has 0 aliphatic rings. The minimum Gasteiger partial charge on any atom is -0.330 e. The topological polar surface area (TPSA) is 66.9 Å². The Morgan fingerprint density at radius 3 is 2.59 bits per heavy atom. The number of halogens is 4. The van der Waals surface area contributed by atoms with Gasteiger partial charge in [-0.15, -0.1) is 10.2 Å². The number of benzene rings is 2. The summed E-state index contributed by atoms with van der Waals surface area (Å²) in [5, 5.41) is 13.6. The summed E-state index contributed by atoms with van der Waals surface area (Å²) in [5.74, 6) is -4.45. The van der Waals surface area contributed by atoms with E-state index in [2.05, 4.69) is 20.8 Å². The van der Waals surface area contributed by atoms with Crippen LogP contribution in [-0.4, -0.2) is 27.6 Å². The van der Waals surface area contributed by atoms with Crippen molar-refractivity contribution >= 4 is 57.3 Å². The Kier molecular flexibility index (Phi) is 7.34. The third kappa shape index (κ3) is 6.61. The van der Waals surface area contributed by atoms with Crippen molar-refractivity contribution in [1.29, 1.82) is 0 Å². The van der Waals surface area contributed by atoms with Crippen LogP contribution in [0.3, 0.4) is 0 Å². The molecule has 3 aromatic rings. The van der Waals surface area contributed by atoms with E-state index in [1.54, 1.807) is 24.3 Å². The number of alkyl halides is 2. The van der Waals surface area contributed by atoms with Gasteiger partial charge in [-0.3, -0.25) is 4.79 Å². The van der Waals surface area contributed by atoms with Gasteiger partial charge in [0.2, 0.25) is 11.0 Å². The maximum absolute atomic E-state index is 13.5. The molecule has 0 aliphatic carbocycles. The number of aromatic nitrogens is 2. The molecule has 0 unspecified atom stereocenters. The molecule has 0 spiro atoms. The summed E-state index contributed by atoms with van der Waals surface area (Å²) in [6.45, 7) is 0. The number of rotatable bonds is 8. The summed E-state index contributed by atoms with van der Waals surface area (Å²) in [4.78, 5) is 12.4. The van der Waals surface area contributed by atoms with Crippen molar-refractivity contribution in [2.45, 2.75) is 15.0 Å². The van der Waals surface area contributed by atoms with E-state index in [1.807, 2.05) is 0 Å². The molecule has 1 amide bonds. The van der Waals surface area contributed by atoms with Crippen LogP contribution in [0.15, 0.2) is 51.7 Å². The molecule has 0 aliphatic heterocycles. The maximum atomic E-state index is 13.5. The highest BCUT2D eigenvalue weighted by atomic mass is 32.2. The Hall–Kier alpha value is -2.31. The first-order valence-electron chi connectivity index (χ1n) is 7.92. The van der Waals surface area contributed by atoms with Crippen LogP contribution >= 0.6 is 34.9 Å². The molecule has 3 rings (SSSR count). The molecule has 0 radical (unpaired) electrons. The van der Waals surface area contributed by atoms with Crippen LogP contribution in [0.2, 0.25) is 0 Å². The summed E-state index contributed by atoms with van der Waals surface area (Å²) in [5.41, 5.74) is 0.416. The average molecular weight is 461 g/mol. The standard InChI is InChI=1S/C17H12F4N4OS3/c18-9-1-6-12(19)13(7-9)23-14(26)8-27-17-25-24-16(29-17)22-10-2-4-11(5-3-10)28-15(20)21/h1-7,15H,8H2,(H,22,24)(H,23,26). The number of nitrogens with one attached hydrogen (secondary N) is 2. The van der Waals surface area contributed by atoms with E-state index >= 15 is 0 Å². The predicted octanol–water partition coefficient (Wildman–Crippen LogP) is 5.61. The molecule has 0 saturated carbocycles. The van der Waals surface area contributed by atoms with Crippen LogP contribution in [0, 0.1) is 11.6 Å². The van der Waals surface area contributed by atoms with Crippen molar-refractivity contribution in [1.82, 2.24) is 10.2 Å². The van der Waals surface area contributed by atoms with Crippen molar-refractivity contribution in [2.75, 3.05) is 16.4 Å². The number of amides is 1. The van der Waals surface area contributed by atoms with Crippen LogP contribution < -0.4 is 10.6 Å². The van der Waals surface area contributed by atoms with Crippen LogP contribution in [0.5, 0.6) is 0 Å². The summed E-state index contributed by atoms with van der Waals surface area (Å²) in [7, 11) is 0. The quantitative estimate of drug-likeness (QED) is 0.337. The van der Waals surface area contributed by atoms with E-state index in [0.29, 0.717) is 31.8 Å². The fourth-order valence-corrected chi connectivity index (χ4v) is 4.14. The number of hydrogen-bond acceptors (Lipinski definition) is 7. The molecule has 0 fully saturated rings. The molecule has 29 heavy (non-hydrogen) atoms. The lowest BCUT2D eigenvalue weighted by Crippen LogP contribution is -2.15. The van der Waals surface area contributed by atoms with Gasteiger partial charge in [0, 0.05) is 16.6 Å². The van der Waals surface area contributed by atoms with Gasteiger partial charge >= 0.3 is 0 Å². The fourth-order valence-electron chi connectivity index (χ4n) is 2.07. The molecule has 12 heteroatoms. The zero-order valence-corrected chi connectivity index (χ0v) is 16.8. The first kappa shape index (κ1) is 21.4. The maximum Gasteiger partial charge on any atom is 0.288 e. The van der Waals surface area contributed by atoms with Crippen LogP contribution in [-0.2, 0) is 4.79 Å². The van der Waals surface area contributed by atoms with Gasteiger partial charge in [-0.2, -0.15) is 8.78 Å². The predicted molar refractivity (Wildman–Crippen MR) is 107 cm³/mol. The molecular formula is C17H12F4N4OS3. The van der Waals surface area contributed by atoms with Gasteiger partial charge in [-0.25, -0.2) is 8.78 Å². The van der Waals surface area contributed by atoms with E-state index in [9.17, 15) is 22.4 Å². The van der Waals surface area contributed by atoms with Gasteiger partial charge in [0.25, 0.3) is 5.76 Å². The van der Waals surface area contributed by atoms with E-state index in [-0.39, 0.29) is 11.4 Å². The third-order valence-electron chi connectivity index (χ3n) is 3.27. The lowest BCUT2D eigenvalue weighted by Gasteiger charge is -2.05. The van der Waals surface area contributed by atoms with Crippen LogP contribution in [0.25, 0.3) is 0 Å². The Morgan fingerprint density at radius 1 is 1.10 bits per heavy atom. The SMILES string of the molecule is O=C(CSc1nnc(Nc2ccc(SC(F)F)cc2)s1)Nc1cc(F)ccc1F. The Labute approximate surface area is 175 Å². The van der Waals surface area contributed by atoms with E-state index in [1.165, 1.54) is 11.3 Å². The zero-order chi connectivity index (χ0) is 20.8. The number of hydrogen-bond donors (Lipinski definition) is 2. The summed E-state index contributed by atoms with van der Waals surface area (Å²) < 4.78 is 51.8. The van der Waals surface area contributed by atoms with Crippen LogP contribution in [0.1, 0.15) is 0 Å². The molecular weight excluding hydrogens is 448 g/mol. The molecule has 1 aromatic heterocycles. The second-order valence-electron chi connectivity index (χ2n) is 5.36. The Balaban J connectivity index is 1.51. The molecule has 2 N–H and O–H groups in total. The number of carbonyl (C=O) groups excluding carboxylic acids is 1. The van der Waals surface area contributed by atoms with Crippen molar-refractivity contribution < 1.29 is 22.4 Å². The lowest BCUT2D eigenvalue weighted by atomic mass is 10.3. The highest BCUT2D eigenvalue weighted by Crippen LogP contribution is 2.30. The van der Waals surface area contributed by atoms with Crippen molar-refractivity contribution in [3.63, 3.8) is 0 Å². The van der Waals surface area contributed by atoms with Gasteiger partial charge in [0.05, 0.1) is 11.4 Å². The fraction of sp³-hybridized carbons (Fsp3) is 0.118. The molecule has 1 heterocycles. The van der Waals surface area contributed by atoms with E-state index in [0.717, 1.165) is 30.0 Å². The molecule has 0 atom stereocenters. The monoisotopic (exact) mass is 460 g/mol. The normalized spacial score (nSPS) is 10.9. The van der Waals surface area contributed by atoms with Gasteiger partial charge in [-0.05, 0) is 36.4 Å². The van der Waals surface area contributed by atoms with Crippen molar-refractivity contribution in [3.8, 4) is 0 Å². The Morgan fingerprint density at radius 2 is 1.86 bits per heavy atom. The highest BCUT2D eigenvalue weighted by molar-refractivity contribution is 8.01. The largest absolute Gasteiger partial charge is 0.330 e. The van der Waals surface area contributed by atoms with Gasteiger partial charge in [0.1, 0.15) is 11.6 Å². The molecule has 0 saturated heterocycles. The lowest BCUT2D eigenvalue weighted by molar-refractivity contribution is -0.113. The van der Waals surface area contributed by atoms with Gasteiger partial charge in [-0.1, -0.05) is 34.9 Å². The minimum atomic E-state index is -2.48. The molecule has 152 valence electrons. The highest BCUT2D eigenvalue weighted by Gasteiger charge is 2.12. The number of nitrogens with zero attached hydrogens (tertiary/aromatic N) is 2. The number of carbonyl (C=O) groups is 1. The first-order chi connectivity index (χ1) is 13.9. The number of thioether (sulfide) groups is 2. The van der Waals surface area contributed by atoms with Crippen molar-refractivity contribution in [3.05, 3.63) is 54.1 Å². The van der Waals surface area contributed by atoms with Crippen LogP contribution in [0.4, 0.5) is 34.1 Å². The third-order valence-corrected chi connectivity index (χ3v) is 5.96. The van der Waals surface area contributed by atoms with E-state index < -0.39 is 23.3 Å². The summed E-state index contributed by atoms with van der Waals surface area (Å²) in [6.07, 6.45) is 0. The minimum absolute atomic E-state index is 0.0653. The Bertz CT molecular complexity index is 985. The molecule has 0 bridgehead atoms. The molecule has 2 aromatic carbocycles. The van der Waals surface area contributed by atoms with Gasteiger partial charge < -0.3 is 10.6 Å². The first-order valence-corrected chi connectivity index (χ1v) is 10.6. The number of anilines is 3. The van der Waals surface area contributed by atoms with Gasteiger partial charge in [0.15, 0.2) is 4.34 Å². The summed E-state index contributed by atoms with van der Waals surface area (Å²) >= 11 is 2.73. The second kappa shape index (κ2) is 9.94. The van der Waals surface area contributed by atoms with E-state index in [4.69, 9.17) is 0 Å². The zero-order valence-electron chi connectivity index (χ0n) is 14.4. The second-order valence-corrected chi connectivity index (χ2v) is 8.63. The average Bonchev–Trinajstić information content (AvgIpc) is 3.12.